The van der Waals surface area contributed by atoms with Gasteiger partial charge in [-0.05, 0) is 50.7 Å². The number of hydrogen-bond acceptors (Lipinski definition) is 3. The number of piperidine rings is 2. The Morgan fingerprint density at radius 1 is 1.00 bits per heavy atom. The van der Waals surface area contributed by atoms with Gasteiger partial charge in [0.25, 0.3) is 5.91 Å². The van der Waals surface area contributed by atoms with Gasteiger partial charge in [-0.15, -0.1) is 0 Å². The number of likely N-dealkylation sites (tertiary alicyclic amines) is 2. The molecule has 0 spiro atoms. The average Bonchev–Trinajstić information content (AvgIpc) is 2.72. The largest absolute Gasteiger partial charge is 0.481 e. The van der Waals surface area contributed by atoms with Crippen molar-refractivity contribution in [2.24, 2.45) is 5.92 Å². The topological polar surface area (TPSA) is 77.9 Å². The number of carboxylic acids is 1. The third-order valence-corrected chi connectivity index (χ3v) is 5.68. The molecular weight excluding hydrogens is 344 g/mol. The van der Waals surface area contributed by atoms with Gasteiger partial charge in [0, 0.05) is 37.7 Å². The van der Waals surface area contributed by atoms with Gasteiger partial charge in [-0.25, -0.2) is 0 Å². The zero-order valence-corrected chi connectivity index (χ0v) is 15.7. The molecule has 2 aliphatic heterocycles. The van der Waals surface area contributed by atoms with Crippen molar-refractivity contribution in [3.63, 3.8) is 0 Å². The first-order valence-corrected chi connectivity index (χ1v) is 9.93. The summed E-state index contributed by atoms with van der Waals surface area (Å²) in [5.41, 5.74) is 0.655. The maximum atomic E-state index is 13.2. The molecule has 2 atom stereocenters. The van der Waals surface area contributed by atoms with E-state index in [1.807, 2.05) is 23.1 Å². The van der Waals surface area contributed by atoms with Crippen molar-refractivity contribution in [1.82, 2.24) is 9.80 Å². The zero-order valence-electron chi connectivity index (χ0n) is 15.7. The molecule has 3 rings (SSSR count). The van der Waals surface area contributed by atoms with Gasteiger partial charge in [0.2, 0.25) is 5.91 Å². The summed E-state index contributed by atoms with van der Waals surface area (Å²) in [7, 11) is 0. The van der Waals surface area contributed by atoms with Crippen LogP contribution in [-0.2, 0) is 9.59 Å². The molecule has 0 bridgehead atoms. The monoisotopic (exact) mass is 372 g/mol. The van der Waals surface area contributed by atoms with Crippen LogP contribution in [0.2, 0.25) is 0 Å². The van der Waals surface area contributed by atoms with E-state index in [1.165, 1.54) is 0 Å². The van der Waals surface area contributed by atoms with Crippen molar-refractivity contribution in [3.8, 4) is 0 Å². The molecule has 2 fully saturated rings. The van der Waals surface area contributed by atoms with Crippen LogP contribution in [-0.4, -0.2) is 58.4 Å². The molecule has 27 heavy (non-hydrogen) atoms. The molecular formula is C21H28N2O4. The fourth-order valence-corrected chi connectivity index (χ4v) is 4.24. The minimum atomic E-state index is -0.815. The number of aliphatic carboxylic acids is 1. The molecule has 0 aromatic heterocycles. The van der Waals surface area contributed by atoms with Gasteiger partial charge >= 0.3 is 5.97 Å². The maximum Gasteiger partial charge on any atom is 0.303 e. The number of hydrogen-bond donors (Lipinski definition) is 1. The highest BCUT2D eigenvalue weighted by Gasteiger charge is 2.35. The van der Waals surface area contributed by atoms with Crippen LogP contribution < -0.4 is 0 Å². The predicted octanol–water partition coefficient (Wildman–Crippen LogP) is 2.78. The van der Waals surface area contributed by atoms with E-state index in [-0.39, 0.29) is 30.2 Å². The van der Waals surface area contributed by atoms with Crippen LogP contribution in [0.1, 0.15) is 55.3 Å². The summed E-state index contributed by atoms with van der Waals surface area (Å²) in [4.78, 5) is 40.5. The number of nitrogens with zero attached hydrogens (tertiary/aromatic N) is 2. The van der Waals surface area contributed by atoms with Crippen molar-refractivity contribution >= 4 is 17.8 Å². The first kappa shape index (κ1) is 19.4. The number of carbonyl (C=O) groups excluding carboxylic acids is 2. The van der Waals surface area contributed by atoms with E-state index in [9.17, 15) is 14.4 Å². The number of carbonyl (C=O) groups is 3. The van der Waals surface area contributed by atoms with E-state index in [4.69, 9.17) is 5.11 Å². The Morgan fingerprint density at radius 3 is 2.52 bits per heavy atom. The van der Waals surface area contributed by atoms with Gasteiger partial charge in [0.05, 0.1) is 5.92 Å². The molecule has 6 nitrogen and oxygen atoms in total. The van der Waals surface area contributed by atoms with E-state index in [1.54, 1.807) is 17.0 Å². The van der Waals surface area contributed by atoms with Crippen LogP contribution in [0.5, 0.6) is 0 Å². The Hall–Kier alpha value is -2.37. The van der Waals surface area contributed by atoms with E-state index >= 15 is 0 Å². The summed E-state index contributed by atoms with van der Waals surface area (Å²) in [6.07, 6.45) is 5.10. The molecule has 0 radical (unpaired) electrons. The molecule has 1 aromatic carbocycles. The summed E-state index contributed by atoms with van der Waals surface area (Å²) < 4.78 is 0. The fraction of sp³-hybridized carbons (Fsp3) is 0.571. The maximum absolute atomic E-state index is 13.2. The molecule has 2 heterocycles. The number of carboxylic acid groups (broad SMARTS) is 1. The highest BCUT2D eigenvalue weighted by molar-refractivity contribution is 5.94. The van der Waals surface area contributed by atoms with Gasteiger partial charge in [-0.1, -0.05) is 18.2 Å². The molecule has 146 valence electrons. The fourth-order valence-electron chi connectivity index (χ4n) is 4.24. The predicted molar refractivity (Wildman–Crippen MR) is 101 cm³/mol. The molecule has 2 amide bonds. The van der Waals surface area contributed by atoms with E-state index in [0.29, 0.717) is 31.6 Å². The molecule has 2 unspecified atom stereocenters. The van der Waals surface area contributed by atoms with Gasteiger partial charge < -0.3 is 14.9 Å². The molecule has 6 heteroatoms. The van der Waals surface area contributed by atoms with Crippen molar-refractivity contribution in [2.75, 3.05) is 19.6 Å². The highest BCUT2D eigenvalue weighted by atomic mass is 16.4. The lowest BCUT2D eigenvalue weighted by Gasteiger charge is -2.40. The molecule has 0 aliphatic carbocycles. The minimum Gasteiger partial charge on any atom is -0.481 e. The summed E-state index contributed by atoms with van der Waals surface area (Å²) >= 11 is 0. The van der Waals surface area contributed by atoms with Gasteiger partial charge in [-0.2, -0.15) is 0 Å². The van der Waals surface area contributed by atoms with Crippen LogP contribution in [0.15, 0.2) is 30.3 Å². The molecule has 1 N–H and O–H groups in total. The van der Waals surface area contributed by atoms with Crippen LogP contribution >= 0.6 is 0 Å². The van der Waals surface area contributed by atoms with Crippen molar-refractivity contribution in [3.05, 3.63) is 35.9 Å². The molecule has 0 saturated carbocycles. The van der Waals surface area contributed by atoms with Crippen molar-refractivity contribution in [1.29, 1.82) is 0 Å². The normalized spacial score (nSPS) is 23.1. The van der Waals surface area contributed by atoms with E-state index < -0.39 is 5.97 Å². The van der Waals surface area contributed by atoms with Crippen molar-refractivity contribution in [2.45, 2.75) is 51.0 Å². The van der Waals surface area contributed by atoms with Gasteiger partial charge in [0.15, 0.2) is 0 Å². The summed E-state index contributed by atoms with van der Waals surface area (Å²) in [6, 6.07) is 9.21. The quantitative estimate of drug-likeness (QED) is 0.862. The summed E-state index contributed by atoms with van der Waals surface area (Å²) in [5, 5.41) is 8.97. The zero-order chi connectivity index (χ0) is 19.2. The second kappa shape index (κ2) is 9.02. The highest BCUT2D eigenvalue weighted by Crippen LogP contribution is 2.27. The Bertz CT molecular complexity index is 676. The first-order valence-electron chi connectivity index (χ1n) is 9.93. The van der Waals surface area contributed by atoms with Crippen LogP contribution in [0.3, 0.4) is 0 Å². The Balaban J connectivity index is 1.64. The van der Waals surface area contributed by atoms with Crippen molar-refractivity contribution < 1.29 is 19.5 Å². The molecule has 2 saturated heterocycles. The Labute approximate surface area is 160 Å². The average molecular weight is 372 g/mol. The standard InChI is InChI=1S/C21H28N2O4/c24-19(25)12-11-18-10-4-5-14-23(18)21(27)17-9-6-13-22(15-17)20(26)16-7-2-1-3-8-16/h1-3,7-8,17-18H,4-6,9-15H2,(H,24,25). The van der Waals surface area contributed by atoms with Crippen LogP contribution in [0.25, 0.3) is 0 Å². The third kappa shape index (κ3) is 4.87. The number of rotatable bonds is 5. The Kier molecular flexibility index (Phi) is 6.48. The van der Waals surface area contributed by atoms with E-state index in [0.717, 1.165) is 32.1 Å². The minimum absolute atomic E-state index is 0.0163. The lowest BCUT2D eigenvalue weighted by atomic mass is 9.92. The second-order valence-corrected chi connectivity index (χ2v) is 7.57. The Morgan fingerprint density at radius 2 is 1.78 bits per heavy atom. The molecule has 2 aliphatic rings. The van der Waals surface area contributed by atoms with E-state index in [2.05, 4.69) is 0 Å². The second-order valence-electron chi connectivity index (χ2n) is 7.57. The summed E-state index contributed by atoms with van der Waals surface area (Å²) in [5.74, 6) is -0.924. The van der Waals surface area contributed by atoms with Crippen LogP contribution in [0.4, 0.5) is 0 Å². The lowest BCUT2D eigenvalue weighted by molar-refractivity contribution is -0.143. The SMILES string of the molecule is O=C(O)CCC1CCCCN1C(=O)C1CCCN(C(=O)c2ccccc2)C1. The smallest absolute Gasteiger partial charge is 0.303 e. The summed E-state index contributed by atoms with van der Waals surface area (Å²) in [6.45, 7) is 1.83. The third-order valence-electron chi connectivity index (χ3n) is 5.68. The lowest BCUT2D eigenvalue weighted by Crippen LogP contribution is -2.51. The first-order chi connectivity index (χ1) is 13.1. The van der Waals surface area contributed by atoms with Gasteiger partial charge in [0.1, 0.15) is 0 Å². The number of benzene rings is 1. The molecule has 1 aromatic rings. The van der Waals surface area contributed by atoms with Gasteiger partial charge in [-0.3, -0.25) is 14.4 Å². The van der Waals surface area contributed by atoms with Crippen LogP contribution in [0, 0.1) is 5.92 Å². The number of amides is 2.